The summed E-state index contributed by atoms with van der Waals surface area (Å²) in [5.41, 5.74) is 5.03. The van der Waals surface area contributed by atoms with Crippen LogP contribution < -0.4 is 10.2 Å². The molecule has 0 saturated carbocycles. The average Bonchev–Trinajstić information content (AvgIpc) is 2.24. The molecule has 0 heterocycles. The first-order valence-corrected chi connectivity index (χ1v) is 5.90. The molecular formula is C13H20ClNO2. The van der Waals surface area contributed by atoms with Gasteiger partial charge in [-0.05, 0) is 17.0 Å². The van der Waals surface area contributed by atoms with E-state index in [4.69, 9.17) is 21.2 Å². The second kappa shape index (κ2) is 5.71. The fourth-order valence-electron chi connectivity index (χ4n) is 1.59. The van der Waals surface area contributed by atoms with Gasteiger partial charge in [0.25, 0.3) is 0 Å². The highest BCUT2D eigenvalue weighted by Crippen LogP contribution is 2.34. The van der Waals surface area contributed by atoms with Gasteiger partial charge in [-0.2, -0.15) is 5.48 Å². The van der Waals surface area contributed by atoms with E-state index < -0.39 is 0 Å². The molecule has 1 N–H and O–H groups in total. The Labute approximate surface area is 108 Å². The largest absolute Gasteiger partial charge is 0.495 e. The SMILES string of the molecule is CONCc1cc(C(C)(C)C)cc(Cl)c1OC. The Morgan fingerprint density at radius 1 is 1.24 bits per heavy atom. The third-order valence-corrected chi connectivity index (χ3v) is 2.88. The first kappa shape index (κ1) is 14.3. The molecule has 0 radical (unpaired) electrons. The van der Waals surface area contributed by atoms with Gasteiger partial charge >= 0.3 is 0 Å². The second-order valence-corrected chi connectivity index (χ2v) is 5.33. The summed E-state index contributed by atoms with van der Waals surface area (Å²) >= 11 is 6.23. The van der Waals surface area contributed by atoms with Crippen molar-refractivity contribution in [2.45, 2.75) is 32.7 Å². The molecular weight excluding hydrogens is 238 g/mol. The van der Waals surface area contributed by atoms with Crippen molar-refractivity contribution in [2.75, 3.05) is 14.2 Å². The summed E-state index contributed by atoms with van der Waals surface area (Å²) in [6.07, 6.45) is 0. The number of methoxy groups -OCH3 is 1. The fraction of sp³-hybridized carbons (Fsp3) is 0.538. The van der Waals surface area contributed by atoms with E-state index in [0.29, 0.717) is 17.3 Å². The van der Waals surface area contributed by atoms with E-state index in [2.05, 4.69) is 32.3 Å². The van der Waals surface area contributed by atoms with Gasteiger partial charge < -0.3 is 9.57 Å². The predicted molar refractivity (Wildman–Crippen MR) is 70.6 cm³/mol. The second-order valence-electron chi connectivity index (χ2n) is 4.93. The van der Waals surface area contributed by atoms with Crippen molar-refractivity contribution in [1.82, 2.24) is 5.48 Å². The van der Waals surface area contributed by atoms with Crippen LogP contribution in [0.15, 0.2) is 12.1 Å². The van der Waals surface area contributed by atoms with Gasteiger partial charge in [0.1, 0.15) is 5.75 Å². The lowest BCUT2D eigenvalue weighted by Crippen LogP contribution is -2.15. The van der Waals surface area contributed by atoms with E-state index in [1.807, 2.05) is 6.07 Å². The van der Waals surface area contributed by atoms with Crippen molar-refractivity contribution in [2.24, 2.45) is 0 Å². The lowest BCUT2D eigenvalue weighted by atomic mass is 9.86. The molecule has 0 bridgehead atoms. The minimum absolute atomic E-state index is 0.0533. The molecule has 0 spiro atoms. The monoisotopic (exact) mass is 257 g/mol. The number of ether oxygens (including phenoxy) is 1. The Bertz CT molecular complexity index is 386. The number of rotatable bonds is 4. The van der Waals surface area contributed by atoms with Gasteiger partial charge in [-0.15, -0.1) is 0 Å². The molecule has 0 amide bonds. The summed E-state index contributed by atoms with van der Waals surface area (Å²) in [4.78, 5) is 4.86. The molecule has 0 unspecified atom stereocenters. The maximum Gasteiger partial charge on any atom is 0.142 e. The Hall–Kier alpha value is -0.770. The molecule has 0 saturated heterocycles. The Balaban J connectivity index is 3.19. The van der Waals surface area contributed by atoms with Crippen LogP contribution in [0.1, 0.15) is 31.9 Å². The van der Waals surface area contributed by atoms with Crippen molar-refractivity contribution >= 4 is 11.6 Å². The number of halogens is 1. The van der Waals surface area contributed by atoms with Gasteiger partial charge in [0.05, 0.1) is 19.2 Å². The van der Waals surface area contributed by atoms with Crippen LogP contribution in [0.3, 0.4) is 0 Å². The highest BCUT2D eigenvalue weighted by molar-refractivity contribution is 6.32. The number of hydrogen-bond donors (Lipinski definition) is 1. The van der Waals surface area contributed by atoms with Crippen molar-refractivity contribution in [3.8, 4) is 5.75 Å². The van der Waals surface area contributed by atoms with Crippen molar-refractivity contribution < 1.29 is 9.57 Å². The molecule has 0 fully saturated rings. The lowest BCUT2D eigenvalue weighted by Gasteiger charge is -2.22. The summed E-state index contributed by atoms with van der Waals surface area (Å²) < 4.78 is 5.31. The van der Waals surface area contributed by atoms with E-state index in [0.717, 1.165) is 5.56 Å². The van der Waals surface area contributed by atoms with E-state index in [9.17, 15) is 0 Å². The smallest absolute Gasteiger partial charge is 0.142 e. The van der Waals surface area contributed by atoms with Crippen LogP contribution >= 0.6 is 11.6 Å². The van der Waals surface area contributed by atoms with Crippen molar-refractivity contribution in [3.05, 3.63) is 28.3 Å². The standard InChI is InChI=1S/C13H20ClNO2/c1-13(2,3)10-6-9(8-15-17-5)12(16-4)11(14)7-10/h6-7,15H,8H2,1-5H3. The molecule has 0 aliphatic rings. The third-order valence-electron chi connectivity index (χ3n) is 2.60. The summed E-state index contributed by atoms with van der Waals surface area (Å²) in [5.74, 6) is 0.698. The molecule has 1 rings (SSSR count). The molecule has 0 aliphatic carbocycles. The summed E-state index contributed by atoms with van der Waals surface area (Å²) in [6, 6.07) is 4.05. The van der Waals surface area contributed by atoms with E-state index in [-0.39, 0.29) is 5.41 Å². The first-order chi connectivity index (χ1) is 7.90. The third kappa shape index (κ3) is 3.60. The van der Waals surface area contributed by atoms with E-state index in [1.165, 1.54) is 5.56 Å². The van der Waals surface area contributed by atoms with Gasteiger partial charge in [-0.1, -0.05) is 38.4 Å². The number of nitrogens with one attached hydrogen (secondary N) is 1. The molecule has 4 heteroatoms. The Kier molecular flexibility index (Phi) is 4.80. The topological polar surface area (TPSA) is 30.5 Å². The van der Waals surface area contributed by atoms with Gasteiger partial charge in [-0.3, -0.25) is 0 Å². The van der Waals surface area contributed by atoms with E-state index >= 15 is 0 Å². The van der Waals surface area contributed by atoms with Crippen molar-refractivity contribution in [3.63, 3.8) is 0 Å². The van der Waals surface area contributed by atoms with Gasteiger partial charge in [0.15, 0.2) is 0 Å². The number of hydroxylamine groups is 1. The zero-order valence-corrected chi connectivity index (χ0v) is 11.8. The average molecular weight is 258 g/mol. The van der Waals surface area contributed by atoms with Crippen LogP contribution in [-0.4, -0.2) is 14.2 Å². The zero-order valence-electron chi connectivity index (χ0n) is 11.1. The Morgan fingerprint density at radius 3 is 2.35 bits per heavy atom. The quantitative estimate of drug-likeness (QED) is 0.840. The highest BCUT2D eigenvalue weighted by Gasteiger charge is 2.18. The summed E-state index contributed by atoms with van der Waals surface area (Å²) in [6.45, 7) is 7.01. The van der Waals surface area contributed by atoms with Crippen molar-refractivity contribution in [1.29, 1.82) is 0 Å². The van der Waals surface area contributed by atoms with Crippen LogP contribution in [0.2, 0.25) is 5.02 Å². The molecule has 0 atom stereocenters. The molecule has 17 heavy (non-hydrogen) atoms. The van der Waals surface area contributed by atoms with Crippen LogP contribution in [0.25, 0.3) is 0 Å². The summed E-state index contributed by atoms with van der Waals surface area (Å²) in [5, 5.41) is 0.632. The molecule has 0 aromatic heterocycles. The first-order valence-electron chi connectivity index (χ1n) is 5.53. The lowest BCUT2D eigenvalue weighted by molar-refractivity contribution is 0.0861. The Morgan fingerprint density at radius 2 is 1.88 bits per heavy atom. The number of hydrogen-bond acceptors (Lipinski definition) is 3. The molecule has 1 aromatic rings. The van der Waals surface area contributed by atoms with Gasteiger partial charge in [-0.25, -0.2) is 0 Å². The van der Waals surface area contributed by atoms with Crippen LogP contribution in [0.5, 0.6) is 5.75 Å². The molecule has 96 valence electrons. The van der Waals surface area contributed by atoms with Gasteiger partial charge in [0, 0.05) is 12.1 Å². The molecule has 0 aliphatic heterocycles. The van der Waals surface area contributed by atoms with E-state index in [1.54, 1.807) is 14.2 Å². The molecule has 1 aromatic carbocycles. The van der Waals surface area contributed by atoms with Crippen LogP contribution in [0.4, 0.5) is 0 Å². The fourth-order valence-corrected chi connectivity index (χ4v) is 1.91. The minimum Gasteiger partial charge on any atom is -0.495 e. The van der Waals surface area contributed by atoms with Crippen LogP contribution in [-0.2, 0) is 16.8 Å². The highest BCUT2D eigenvalue weighted by atomic mass is 35.5. The predicted octanol–water partition coefficient (Wildman–Crippen LogP) is 3.30. The molecule has 3 nitrogen and oxygen atoms in total. The maximum atomic E-state index is 6.23. The normalized spacial score (nSPS) is 11.6. The summed E-state index contributed by atoms with van der Waals surface area (Å²) in [7, 11) is 3.20. The van der Waals surface area contributed by atoms with Gasteiger partial charge in [0.2, 0.25) is 0 Å². The number of benzene rings is 1. The zero-order chi connectivity index (χ0) is 13.1. The minimum atomic E-state index is 0.0533. The van der Waals surface area contributed by atoms with Crippen LogP contribution in [0, 0.1) is 0 Å². The maximum absolute atomic E-state index is 6.23.